The molecule has 36 heavy (non-hydrogen) atoms. The van der Waals surface area contributed by atoms with E-state index in [2.05, 4.69) is 73.7 Å². The number of hydrogen-bond donors (Lipinski definition) is 2. The summed E-state index contributed by atoms with van der Waals surface area (Å²) in [5.74, 6) is 2.52. The zero-order chi connectivity index (χ0) is 24.0. The second kappa shape index (κ2) is 6.88. The molecule has 0 fully saturated rings. The molecule has 0 saturated carbocycles. The van der Waals surface area contributed by atoms with Crippen LogP contribution in [0.3, 0.4) is 0 Å². The summed E-state index contributed by atoms with van der Waals surface area (Å²) in [6, 6.07) is 17.4. The fourth-order valence-corrected chi connectivity index (χ4v) is 5.58. The molecule has 0 amide bonds. The molecular formula is C29H20N6O. The zero-order valence-electron chi connectivity index (χ0n) is 19.7. The first kappa shape index (κ1) is 19.5. The quantitative estimate of drug-likeness (QED) is 0.273. The molecule has 1 aliphatic rings. The maximum absolute atomic E-state index is 6.24. The number of hydrogen-bond acceptors (Lipinski definition) is 5. The van der Waals surface area contributed by atoms with Gasteiger partial charge in [-0.05, 0) is 65.8 Å². The molecule has 4 aromatic carbocycles. The highest BCUT2D eigenvalue weighted by Crippen LogP contribution is 2.43. The Morgan fingerprint density at radius 3 is 2.47 bits per heavy atom. The van der Waals surface area contributed by atoms with Crippen LogP contribution < -0.4 is 4.74 Å². The van der Waals surface area contributed by atoms with Crippen LogP contribution in [-0.4, -0.2) is 30.1 Å². The van der Waals surface area contributed by atoms with E-state index in [1.165, 1.54) is 11.1 Å². The van der Waals surface area contributed by atoms with Crippen LogP contribution in [0.2, 0.25) is 0 Å². The van der Waals surface area contributed by atoms with Crippen LogP contribution >= 0.6 is 0 Å². The second-order valence-corrected chi connectivity index (χ2v) is 9.41. The van der Waals surface area contributed by atoms with E-state index in [4.69, 9.17) is 9.72 Å². The topological polar surface area (TPSA) is 92.4 Å². The standard InChI is InChI=1S/C29H20N6O/c1-14-32-25-8-7-21-19-5-3-16(9-18(19)13-36-29(21)28(25)35-14)17-4-6-20-22(10-17)23-11-30-31-12-24(23)27-26(20)33-15(2)34-27/h3-12,30H,13H2,1-2H3,(H,32,35). The summed E-state index contributed by atoms with van der Waals surface area (Å²) < 4.78 is 6.24. The Hall–Kier alpha value is -4.78. The van der Waals surface area contributed by atoms with E-state index in [9.17, 15) is 0 Å². The molecular weight excluding hydrogens is 448 g/mol. The maximum atomic E-state index is 6.24. The maximum Gasteiger partial charge on any atom is 0.155 e. The molecule has 7 nitrogen and oxygen atoms in total. The molecule has 0 saturated heterocycles. The summed E-state index contributed by atoms with van der Waals surface area (Å²) in [5.41, 5.74) is 9.45. The van der Waals surface area contributed by atoms with E-state index in [1.807, 2.05) is 26.2 Å². The van der Waals surface area contributed by atoms with Crippen molar-refractivity contribution in [2.45, 2.75) is 20.5 Å². The lowest BCUT2D eigenvalue weighted by Crippen LogP contribution is -2.06. The van der Waals surface area contributed by atoms with E-state index in [0.29, 0.717) is 6.61 Å². The van der Waals surface area contributed by atoms with Crippen LogP contribution in [0.25, 0.3) is 65.9 Å². The Morgan fingerprint density at radius 2 is 1.56 bits per heavy atom. The Kier molecular flexibility index (Phi) is 3.73. The highest BCUT2D eigenvalue weighted by atomic mass is 16.5. The molecule has 0 radical (unpaired) electrons. The Morgan fingerprint density at radius 1 is 0.750 bits per heavy atom. The highest BCUT2D eigenvalue weighted by molar-refractivity contribution is 6.23. The summed E-state index contributed by atoms with van der Waals surface area (Å²) in [7, 11) is 0. The summed E-state index contributed by atoms with van der Waals surface area (Å²) in [6.07, 6.45) is 3.78. The second-order valence-electron chi connectivity index (χ2n) is 9.41. The Labute approximate surface area is 205 Å². The van der Waals surface area contributed by atoms with Gasteiger partial charge in [-0.2, -0.15) is 5.10 Å². The largest absolute Gasteiger partial charge is 0.486 e. The number of imidazole rings is 2. The van der Waals surface area contributed by atoms with Gasteiger partial charge in [0.1, 0.15) is 29.3 Å². The molecule has 2 N–H and O–H groups in total. The van der Waals surface area contributed by atoms with Crippen LogP contribution in [0.5, 0.6) is 5.75 Å². The van der Waals surface area contributed by atoms with Gasteiger partial charge in [0.2, 0.25) is 0 Å². The van der Waals surface area contributed by atoms with Crippen molar-refractivity contribution in [1.82, 2.24) is 30.1 Å². The van der Waals surface area contributed by atoms with Gasteiger partial charge in [-0.1, -0.05) is 24.3 Å². The van der Waals surface area contributed by atoms with Gasteiger partial charge in [0.25, 0.3) is 0 Å². The van der Waals surface area contributed by atoms with E-state index in [1.54, 1.807) is 0 Å². The minimum atomic E-state index is 0.515. The van der Waals surface area contributed by atoms with Gasteiger partial charge < -0.3 is 9.72 Å². The van der Waals surface area contributed by atoms with E-state index in [-0.39, 0.29) is 0 Å². The minimum absolute atomic E-state index is 0.515. The first-order chi connectivity index (χ1) is 17.6. The van der Waals surface area contributed by atoms with Gasteiger partial charge in [-0.25, -0.2) is 15.0 Å². The third kappa shape index (κ3) is 2.62. The van der Waals surface area contributed by atoms with Gasteiger partial charge in [-0.3, -0.25) is 5.10 Å². The Balaban J connectivity index is 1.31. The van der Waals surface area contributed by atoms with Crippen LogP contribution in [0, 0.1) is 13.8 Å². The smallest absolute Gasteiger partial charge is 0.155 e. The number of aryl methyl sites for hydroxylation is 2. The zero-order valence-corrected chi connectivity index (χ0v) is 19.7. The van der Waals surface area contributed by atoms with E-state index < -0.39 is 0 Å². The molecule has 8 rings (SSSR count). The third-order valence-corrected chi connectivity index (χ3v) is 7.19. The van der Waals surface area contributed by atoms with Crippen molar-refractivity contribution in [1.29, 1.82) is 0 Å². The lowest BCUT2D eigenvalue weighted by Gasteiger charge is -2.22. The molecule has 0 aliphatic carbocycles. The SMILES string of the molecule is Cc1nc2c3ccc(-c4ccc5c(c4)COc4c-5ccc5[nH]c(C)nc45)cc3c3c[nH]ncc3c2n1. The number of H-pyrrole nitrogens is 2. The molecule has 172 valence electrons. The first-order valence-corrected chi connectivity index (χ1v) is 11.9. The van der Waals surface area contributed by atoms with Crippen molar-refractivity contribution in [2.24, 2.45) is 0 Å². The Bertz CT molecular complexity index is 2030. The predicted octanol–water partition coefficient (Wildman–Crippen LogP) is 6.38. The van der Waals surface area contributed by atoms with Crippen LogP contribution in [-0.2, 0) is 6.61 Å². The lowest BCUT2D eigenvalue weighted by atomic mass is 9.91. The van der Waals surface area contributed by atoms with Crippen molar-refractivity contribution < 1.29 is 4.74 Å². The number of aromatic amines is 2. The van der Waals surface area contributed by atoms with Gasteiger partial charge in [-0.15, -0.1) is 0 Å². The van der Waals surface area contributed by atoms with Crippen molar-refractivity contribution in [3.05, 3.63) is 78.1 Å². The van der Waals surface area contributed by atoms with Crippen LogP contribution in [0.15, 0.2) is 60.9 Å². The molecule has 1 aliphatic heterocycles. The number of aromatic nitrogens is 6. The molecule has 7 heteroatoms. The molecule has 0 atom stereocenters. The van der Waals surface area contributed by atoms with Gasteiger partial charge in [0, 0.05) is 27.9 Å². The number of ether oxygens (including phenoxy) is 1. The average molecular weight is 469 g/mol. The lowest BCUT2D eigenvalue weighted by molar-refractivity contribution is 0.305. The van der Waals surface area contributed by atoms with Crippen molar-refractivity contribution in [2.75, 3.05) is 0 Å². The van der Waals surface area contributed by atoms with Crippen molar-refractivity contribution in [3.8, 4) is 28.0 Å². The van der Waals surface area contributed by atoms with Gasteiger partial charge in [0.15, 0.2) is 5.75 Å². The fraction of sp³-hybridized carbons (Fsp3) is 0.103. The van der Waals surface area contributed by atoms with Gasteiger partial charge in [0.05, 0.1) is 17.2 Å². The average Bonchev–Trinajstić information content (AvgIpc) is 3.49. The normalized spacial score (nSPS) is 12.8. The highest BCUT2D eigenvalue weighted by Gasteiger charge is 2.22. The molecule has 3 aromatic heterocycles. The number of benzene rings is 4. The molecule has 0 spiro atoms. The first-order valence-electron chi connectivity index (χ1n) is 11.9. The van der Waals surface area contributed by atoms with E-state index >= 15 is 0 Å². The monoisotopic (exact) mass is 468 g/mol. The van der Waals surface area contributed by atoms with Crippen molar-refractivity contribution in [3.63, 3.8) is 0 Å². The summed E-state index contributed by atoms with van der Waals surface area (Å²) in [6.45, 7) is 4.41. The molecule has 4 heterocycles. The van der Waals surface area contributed by atoms with Crippen molar-refractivity contribution >= 4 is 43.6 Å². The summed E-state index contributed by atoms with van der Waals surface area (Å²) in [5, 5.41) is 11.5. The summed E-state index contributed by atoms with van der Waals surface area (Å²) in [4.78, 5) is 17.3. The number of nitrogens with zero attached hydrogens (tertiary/aromatic N) is 4. The molecule has 0 bridgehead atoms. The fourth-order valence-electron chi connectivity index (χ4n) is 5.58. The third-order valence-electron chi connectivity index (χ3n) is 7.19. The molecule has 0 unspecified atom stereocenters. The number of rotatable bonds is 1. The van der Waals surface area contributed by atoms with Gasteiger partial charge >= 0.3 is 0 Å². The molecule has 7 aromatic rings. The van der Waals surface area contributed by atoms with Crippen LogP contribution in [0.4, 0.5) is 0 Å². The summed E-state index contributed by atoms with van der Waals surface area (Å²) >= 11 is 0. The predicted molar refractivity (Wildman–Crippen MR) is 141 cm³/mol. The van der Waals surface area contributed by atoms with Crippen LogP contribution in [0.1, 0.15) is 17.2 Å². The van der Waals surface area contributed by atoms with E-state index in [0.717, 1.165) is 77.7 Å². The number of fused-ring (bicyclic) bond motifs is 11. The number of nitrogens with one attached hydrogen (secondary N) is 2. The minimum Gasteiger partial charge on any atom is -0.486 e.